The van der Waals surface area contributed by atoms with E-state index in [0.29, 0.717) is 5.13 Å². The molecule has 13 heavy (non-hydrogen) atoms. The van der Waals surface area contributed by atoms with Crippen molar-refractivity contribution in [2.45, 2.75) is 27.2 Å². The van der Waals surface area contributed by atoms with Crippen molar-refractivity contribution < 1.29 is 4.79 Å². The Kier molecular flexibility index (Phi) is 3.03. The second-order valence-electron chi connectivity index (χ2n) is 3.53. The number of carbonyl (C=O) groups is 1. The molecule has 0 aromatic carbocycles. The van der Waals surface area contributed by atoms with Crippen molar-refractivity contribution >= 4 is 22.4 Å². The molecule has 0 spiro atoms. The number of rotatable bonds is 3. The normalized spacial score (nSPS) is 11.3. The van der Waals surface area contributed by atoms with Gasteiger partial charge in [0.15, 0.2) is 5.13 Å². The van der Waals surface area contributed by atoms with Crippen LogP contribution in [0.5, 0.6) is 0 Å². The maximum Gasteiger partial charge on any atom is 0.231 e. The SMILES string of the molecule is CCC(C)(C)C(=O)Nc1nccs1. The summed E-state index contributed by atoms with van der Waals surface area (Å²) in [6, 6.07) is 0. The number of hydrogen-bond donors (Lipinski definition) is 1. The lowest BCUT2D eigenvalue weighted by Gasteiger charge is -2.20. The number of thiazole rings is 1. The highest BCUT2D eigenvalue weighted by Crippen LogP contribution is 2.22. The molecule has 1 aromatic rings. The van der Waals surface area contributed by atoms with Gasteiger partial charge in [-0.1, -0.05) is 20.8 Å². The van der Waals surface area contributed by atoms with Crippen LogP contribution in [0.4, 0.5) is 5.13 Å². The zero-order valence-corrected chi connectivity index (χ0v) is 8.94. The third kappa shape index (κ3) is 2.52. The summed E-state index contributed by atoms with van der Waals surface area (Å²) in [6.45, 7) is 5.85. The summed E-state index contributed by atoms with van der Waals surface area (Å²) in [7, 11) is 0. The molecule has 1 N–H and O–H groups in total. The van der Waals surface area contributed by atoms with Crippen molar-refractivity contribution in [3.63, 3.8) is 0 Å². The van der Waals surface area contributed by atoms with E-state index in [1.807, 2.05) is 26.2 Å². The number of aromatic nitrogens is 1. The molecule has 72 valence electrons. The molecule has 0 atom stereocenters. The molecule has 0 saturated carbocycles. The van der Waals surface area contributed by atoms with E-state index in [1.165, 1.54) is 11.3 Å². The predicted molar refractivity (Wildman–Crippen MR) is 54.8 cm³/mol. The summed E-state index contributed by atoms with van der Waals surface area (Å²) < 4.78 is 0. The number of nitrogens with zero attached hydrogens (tertiary/aromatic N) is 1. The Bertz CT molecular complexity index is 280. The Morgan fingerprint density at radius 1 is 1.69 bits per heavy atom. The summed E-state index contributed by atoms with van der Waals surface area (Å²) in [4.78, 5) is 15.6. The average Bonchev–Trinajstić information content (AvgIpc) is 2.57. The zero-order valence-electron chi connectivity index (χ0n) is 8.13. The van der Waals surface area contributed by atoms with Gasteiger partial charge in [0.2, 0.25) is 5.91 Å². The Morgan fingerprint density at radius 3 is 2.85 bits per heavy atom. The lowest BCUT2D eigenvalue weighted by atomic mass is 9.89. The quantitative estimate of drug-likeness (QED) is 0.810. The van der Waals surface area contributed by atoms with Gasteiger partial charge in [-0.15, -0.1) is 11.3 Å². The second kappa shape index (κ2) is 3.87. The highest BCUT2D eigenvalue weighted by atomic mass is 32.1. The van der Waals surface area contributed by atoms with Crippen molar-refractivity contribution in [3.05, 3.63) is 11.6 Å². The summed E-state index contributed by atoms with van der Waals surface area (Å²) in [5, 5.41) is 5.30. The molecule has 0 aliphatic heterocycles. The first kappa shape index (κ1) is 10.2. The van der Waals surface area contributed by atoms with Crippen LogP contribution in [-0.4, -0.2) is 10.9 Å². The van der Waals surface area contributed by atoms with E-state index >= 15 is 0 Å². The molecule has 0 aliphatic carbocycles. The monoisotopic (exact) mass is 198 g/mol. The van der Waals surface area contributed by atoms with Gasteiger partial charge in [0, 0.05) is 17.0 Å². The van der Waals surface area contributed by atoms with Gasteiger partial charge in [0.1, 0.15) is 0 Å². The maximum atomic E-state index is 11.6. The van der Waals surface area contributed by atoms with Crippen molar-refractivity contribution in [1.82, 2.24) is 4.98 Å². The fourth-order valence-corrected chi connectivity index (χ4v) is 1.24. The van der Waals surface area contributed by atoms with E-state index in [2.05, 4.69) is 10.3 Å². The van der Waals surface area contributed by atoms with Gasteiger partial charge in [0.25, 0.3) is 0 Å². The first-order valence-corrected chi connectivity index (χ1v) is 5.15. The summed E-state index contributed by atoms with van der Waals surface area (Å²) >= 11 is 1.43. The molecule has 0 bridgehead atoms. The molecular weight excluding hydrogens is 184 g/mol. The molecule has 0 saturated heterocycles. The van der Waals surface area contributed by atoms with Gasteiger partial charge in [0.05, 0.1) is 0 Å². The van der Waals surface area contributed by atoms with E-state index in [-0.39, 0.29) is 11.3 Å². The highest BCUT2D eigenvalue weighted by Gasteiger charge is 2.25. The van der Waals surface area contributed by atoms with Crippen LogP contribution in [0.15, 0.2) is 11.6 Å². The second-order valence-corrected chi connectivity index (χ2v) is 4.42. The van der Waals surface area contributed by atoms with Crippen LogP contribution in [0.25, 0.3) is 0 Å². The molecule has 3 nitrogen and oxygen atoms in total. The van der Waals surface area contributed by atoms with E-state index in [4.69, 9.17) is 0 Å². The Hall–Kier alpha value is -0.900. The minimum absolute atomic E-state index is 0.0324. The van der Waals surface area contributed by atoms with Crippen molar-refractivity contribution in [2.75, 3.05) is 5.32 Å². The first-order chi connectivity index (χ1) is 6.06. The van der Waals surface area contributed by atoms with Crippen molar-refractivity contribution in [1.29, 1.82) is 0 Å². The topological polar surface area (TPSA) is 42.0 Å². The van der Waals surface area contributed by atoms with Crippen LogP contribution in [0, 0.1) is 5.41 Å². The van der Waals surface area contributed by atoms with Crippen LogP contribution in [0.1, 0.15) is 27.2 Å². The molecule has 1 heterocycles. The fraction of sp³-hybridized carbons (Fsp3) is 0.556. The molecule has 0 radical (unpaired) electrons. The largest absolute Gasteiger partial charge is 0.302 e. The van der Waals surface area contributed by atoms with E-state index in [0.717, 1.165) is 6.42 Å². The van der Waals surface area contributed by atoms with Gasteiger partial charge < -0.3 is 5.32 Å². The third-order valence-corrected chi connectivity index (χ3v) is 2.84. The number of anilines is 1. The standard InChI is InChI=1S/C9H14N2OS/c1-4-9(2,3)7(12)11-8-10-5-6-13-8/h5-6H,4H2,1-3H3,(H,10,11,12). The average molecular weight is 198 g/mol. The van der Waals surface area contributed by atoms with Gasteiger partial charge in [-0.2, -0.15) is 0 Å². The Balaban J connectivity index is 2.61. The van der Waals surface area contributed by atoms with Gasteiger partial charge in [-0.25, -0.2) is 4.98 Å². The minimum Gasteiger partial charge on any atom is -0.302 e. The summed E-state index contributed by atoms with van der Waals surface area (Å²) in [5.41, 5.74) is -0.314. The van der Waals surface area contributed by atoms with Crippen LogP contribution in [-0.2, 0) is 4.79 Å². The lowest BCUT2D eigenvalue weighted by Crippen LogP contribution is -2.29. The molecule has 1 amide bonds. The first-order valence-electron chi connectivity index (χ1n) is 4.27. The van der Waals surface area contributed by atoms with Gasteiger partial charge in [-0.3, -0.25) is 4.79 Å². The Labute approximate surface area is 82.2 Å². The summed E-state index contributed by atoms with van der Waals surface area (Å²) in [5.74, 6) is 0.0324. The maximum absolute atomic E-state index is 11.6. The van der Waals surface area contributed by atoms with Crippen LogP contribution in [0.3, 0.4) is 0 Å². The van der Waals surface area contributed by atoms with E-state index in [9.17, 15) is 4.79 Å². The molecule has 0 unspecified atom stereocenters. The van der Waals surface area contributed by atoms with Crippen molar-refractivity contribution in [2.24, 2.45) is 5.41 Å². The highest BCUT2D eigenvalue weighted by molar-refractivity contribution is 7.13. The predicted octanol–water partition coefficient (Wildman–Crippen LogP) is 2.52. The van der Waals surface area contributed by atoms with Gasteiger partial charge in [-0.05, 0) is 6.42 Å². The minimum atomic E-state index is -0.314. The number of amides is 1. The summed E-state index contributed by atoms with van der Waals surface area (Å²) in [6.07, 6.45) is 2.50. The third-order valence-electron chi connectivity index (χ3n) is 2.15. The molecular formula is C9H14N2OS. The molecule has 0 fully saturated rings. The van der Waals surface area contributed by atoms with Crippen LogP contribution in [0.2, 0.25) is 0 Å². The number of hydrogen-bond acceptors (Lipinski definition) is 3. The van der Waals surface area contributed by atoms with E-state index in [1.54, 1.807) is 6.20 Å². The number of carbonyl (C=O) groups excluding carboxylic acids is 1. The van der Waals surface area contributed by atoms with E-state index < -0.39 is 0 Å². The lowest BCUT2D eigenvalue weighted by molar-refractivity contribution is -0.124. The Morgan fingerprint density at radius 2 is 2.38 bits per heavy atom. The fourth-order valence-electron chi connectivity index (χ4n) is 0.712. The molecule has 1 rings (SSSR count). The molecule has 4 heteroatoms. The van der Waals surface area contributed by atoms with Crippen molar-refractivity contribution in [3.8, 4) is 0 Å². The van der Waals surface area contributed by atoms with Crippen LogP contribution >= 0.6 is 11.3 Å². The molecule has 0 aliphatic rings. The van der Waals surface area contributed by atoms with Gasteiger partial charge >= 0.3 is 0 Å². The van der Waals surface area contributed by atoms with Crippen LogP contribution < -0.4 is 5.32 Å². The smallest absolute Gasteiger partial charge is 0.231 e. The molecule has 1 aromatic heterocycles. The number of nitrogens with one attached hydrogen (secondary N) is 1. The zero-order chi connectivity index (χ0) is 9.90.